The average molecular weight is 290 g/mol. The lowest BCUT2D eigenvalue weighted by atomic mass is 10.2. The zero-order valence-electron chi connectivity index (χ0n) is 13.4. The molecule has 1 aromatic rings. The van der Waals surface area contributed by atoms with E-state index in [0.717, 1.165) is 32.6 Å². The van der Waals surface area contributed by atoms with Crippen LogP contribution in [-0.2, 0) is 6.54 Å². The van der Waals surface area contributed by atoms with Crippen molar-refractivity contribution in [1.29, 1.82) is 0 Å². The molecule has 0 saturated carbocycles. The summed E-state index contributed by atoms with van der Waals surface area (Å²) < 4.78 is 0. The highest BCUT2D eigenvalue weighted by Crippen LogP contribution is 2.06. The zero-order chi connectivity index (χ0) is 14.9. The van der Waals surface area contributed by atoms with Crippen LogP contribution >= 0.6 is 0 Å². The summed E-state index contributed by atoms with van der Waals surface area (Å²) in [5.74, 6) is 0. The lowest BCUT2D eigenvalue weighted by Gasteiger charge is -2.34. The van der Waals surface area contributed by atoms with Crippen molar-refractivity contribution < 1.29 is 0 Å². The van der Waals surface area contributed by atoms with Crippen LogP contribution in [0.2, 0.25) is 0 Å². The fourth-order valence-electron chi connectivity index (χ4n) is 2.78. The van der Waals surface area contributed by atoms with E-state index in [9.17, 15) is 0 Å². The molecule has 0 atom stereocenters. The highest BCUT2D eigenvalue weighted by molar-refractivity contribution is 5.14. The van der Waals surface area contributed by atoms with Crippen LogP contribution < -0.4 is 5.73 Å². The number of likely N-dealkylation sites (N-methyl/N-ethyl adjacent to an activating group) is 1. The Hall–Kier alpha value is -0.940. The van der Waals surface area contributed by atoms with Gasteiger partial charge in [-0.15, -0.1) is 0 Å². The van der Waals surface area contributed by atoms with Gasteiger partial charge in [-0.2, -0.15) is 0 Å². The molecule has 0 radical (unpaired) electrons. The van der Waals surface area contributed by atoms with Gasteiger partial charge in [0, 0.05) is 45.8 Å². The van der Waals surface area contributed by atoms with Gasteiger partial charge in [0.25, 0.3) is 0 Å². The molecule has 21 heavy (non-hydrogen) atoms. The monoisotopic (exact) mass is 290 g/mol. The van der Waals surface area contributed by atoms with Gasteiger partial charge in [0.15, 0.2) is 0 Å². The predicted octanol–water partition coefficient (Wildman–Crippen LogP) is 1.08. The molecule has 0 aliphatic carbocycles. The summed E-state index contributed by atoms with van der Waals surface area (Å²) in [6.45, 7) is 10.0. The summed E-state index contributed by atoms with van der Waals surface area (Å²) in [5, 5.41) is 0. The van der Waals surface area contributed by atoms with Gasteiger partial charge in [0.05, 0.1) is 0 Å². The predicted molar refractivity (Wildman–Crippen MR) is 89.3 cm³/mol. The third kappa shape index (κ3) is 6.14. The van der Waals surface area contributed by atoms with Crippen LogP contribution in [-0.4, -0.2) is 74.1 Å². The molecule has 0 amide bonds. The standard InChI is InChI=1S/C17H30N4/c1-19-10-12-20(13-11-19)14-15-21(9-5-8-18)16-17-6-3-2-4-7-17/h2-4,6-7H,5,8-16,18H2,1H3. The van der Waals surface area contributed by atoms with Gasteiger partial charge in [-0.3, -0.25) is 9.80 Å². The van der Waals surface area contributed by atoms with Gasteiger partial charge in [0.1, 0.15) is 0 Å². The molecule has 1 aliphatic rings. The molecule has 4 nitrogen and oxygen atoms in total. The fraction of sp³-hybridized carbons (Fsp3) is 0.647. The molecule has 0 unspecified atom stereocenters. The molecule has 1 aromatic carbocycles. The van der Waals surface area contributed by atoms with Crippen molar-refractivity contribution in [3.8, 4) is 0 Å². The summed E-state index contributed by atoms with van der Waals surface area (Å²) in [5.41, 5.74) is 7.08. The van der Waals surface area contributed by atoms with Crippen molar-refractivity contribution in [2.75, 3.05) is 59.4 Å². The molecule has 1 aliphatic heterocycles. The number of nitrogens with zero attached hydrogens (tertiary/aromatic N) is 3. The van der Waals surface area contributed by atoms with E-state index < -0.39 is 0 Å². The van der Waals surface area contributed by atoms with Crippen LogP contribution in [0.1, 0.15) is 12.0 Å². The fourth-order valence-corrected chi connectivity index (χ4v) is 2.78. The van der Waals surface area contributed by atoms with E-state index in [0.29, 0.717) is 0 Å². The van der Waals surface area contributed by atoms with Crippen molar-refractivity contribution >= 4 is 0 Å². The maximum absolute atomic E-state index is 5.68. The average Bonchev–Trinajstić information content (AvgIpc) is 2.52. The van der Waals surface area contributed by atoms with Gasteiger partial charge in [0.2, 0.25) is 0 Å². The molecule has 4 heteroatoms. The molecule has 1 heterocycles. The molecule has 0 aromatic heterocycles. The maximum Gasteiger partial charge on any atom is 0.0234 e. The second-order valence-corrected chi connectivity index (χ2v) is 6.05. The number of hydrogen-bond donors (Lipinski definition) is 1. The summed E-state index contributed by atoms with van der Waals surface area (Å²) in [7, 11) is 2.21. The third-order valence-electron chi connectivity index (χ3n) is 4.26. The van der Waals surface area contributed by atoms with Gasteiger partial charge in [-0.25, -0.2) is 0 Å². The smallest absolute Gasteiger partial charge is 0.0234 e. The van der Waals surface area contributed by atoms with Gasteiger partial charge >= 0.3 is 0 Å². The number of hydrogen-bond acceptors (Lipinski definition) is 4. The third-order valence-corrected chi connectivity index (χ3v) is 4.26. The van der Waals surface area contributed by atoms with Gasteiger partial charge in [-0.1, -0.05) is 30.3 Å². The van der Waals surface area contributed by atoms with Crippen LogP contribution in [0, 0.1) is 0 Å². The molecule has 0 bridgehead atoms. The second-order valence-electron chi connectivity index (χ2n) is 6.05. The number of benzene rings is 1. The van der Waals surface area contributed by atoms with Crippen molar-refractivity contribution in [2.45, 2.75) is 13.0 Å². The van der Waals surface area contributed by atoms with E-state index in [4.69, 9.17) is 5.73 Å². The van der Waals surface area contributed by atoms with Crippen molar-refractivity contribution in [3.05, 3.63) is 35.9 Å². The lowest BCUT2D eigenvalue weighted by molar-refractivity contribution is 0.133. The van der Waals surface area contributed by atoms with Crippen molar-refractivity contribution in [2.24, 2.45) is 5.73 Å². The minimum Gasteiger partial charge on any atom is -0.330 e. The molecule has 1 fully saturated rings. The normalized spacial score (nSPS) is 17.5. The second kappa shape index (κ2) is 9.15. The SMILES string of the molecule is CN1CCN(CCN(CCCN)Cc2ccccc2)CC1. The number of nitrogens with two attached hydrogens (primary N) is 1. The topological polar surface area (TPSA) is 35.7 Å². The van der Waals surface area contributed by atoms with E-state index >= 15 is 0 Å². The van der Waals surface area contributed by atoms with Crippen LogP contribution in [0.4, 0.5) is 0 Å². The Morgan fingerprint density at radius 3 is 2.43 bits per heavy atom. The van der Waals surface area contributed by atoms with E-state index in [1.807, 2.05) is 0 Å². The van der Waals surface area contributed by atoms with E-state index in [2.05, 4.69) is 52.1 Å². The molecule has 0 spiro atoms. The van der Waals surface area contributed by atoms with Crippen LogP contribution in [0.25, 0.3) is 0 Å². The van der Waals surface area contributed by atoms with E-state index in [1.165, 1.54) is 38.3 Å². The maximum atomic E-state index is 5.68. The highest BCUT2D eigenvalue weighted by Gasteiger charge is 2.14. The van der Waals surface area contributed by atoms with Crippen LogP contribution in [0.15, 0.2) is 30.3 Å². The summed E-state index contributed by atoms with van der Waals surface area (Å²) >= 11 is 0. The lowest BCUT2D eigenvalue weighted by Crippen LogP contribution is -2.47. The van der Waals surface area contributed by atoms with E-state index in [1.54, 1.807) is 0 Å². The zero-order valence-corrected chi connectivity index (χ0v) is 13.4. The molecular formula is C17H30N4. The van der Waals surface area contributed by atoms with Crippen LogP contribution in [0.3, 0.4) is 0 Å². The first kappa shape index (κ1) is 16.4. The molecule has 1 saturated heterocycles. The minimum absolute atomic E-state index is 0.778. The Labute approximate surface area is 129 Å². The first-order chi connectivity index (χ1) is 10.3. The van der Waals surface area contributed by atoms with Gasteiger partial charge in [-0.05, 0) is 32.1 Å². The minimum atomic E-state index is 0.778. The molecule has 118 valence electrons. The summed E-state index contributed by atoms with van der Waals surface area (Å²) in [6, 6.07) is 10.8. The number of rotatable bonds is 8. The molecule has 2 N–H and O–H groups in total. The first-order valence-corrected chi connectivity index (χ1v) is 8.15. The van der Waals surface area contributed by atoms with Crippen LogP contribution in [0.5, 0.6) is 0 Å². The Bertz CT molecular complexity index is 374. The largest absolute Gasteiger partial charge is 0.330 e. The quantitative estimate of drug-likeness (QED) is 0.777. The number of piperazine rings is 1. The summed E-state index contributed by atoms with van der Waals surface area (Å²) in [4.78, 5) is 7.54. The van der Waals surface area contributed by atoms with Crippen molar-refractivity contribution in [1.82, 2.24) is 14.7 Å². The van der Waals surface area contributed by atoms with E-state index in [-0.39, 0.29) is 0 Å². The Morgan fingerprint density at radius 1 is 1.05 bits per heavy atom. The first-order valence-electron chi connectivity index (χ1n) is 8.15. The molecular weight excluding hydrogens is 260 g/mol. The molecule has 2 rings (SSSR count). The highest BCUT2D eigenvalue weighted by atomic mass is 15.3. The van der Waals surface area contributed by atoms with Crippen molar-refractivity contribution in [3.63, 3.8) is 0 Å². The summed E-state index contributed by atoms with van der Waals surface area (Å²) in [6.07, 6.45) is 1.08. The Morgan fingerprint density at radius 2 is 1.76 bits per heavy atom. The Kier molecular flexibility index (Phi) is 7.16. The Balaban J connectivity index is 1.78. The van der Waals surface area contributed by atoms with Gasteiger partial charge < -0.3 is 10.6 Å².